The highest BCUT2D eigenvalue weighted by atomic mass is 32.1. The second kappa shape index (κ2) is 5.19. The molecule has 0 fully saturated rings. The van der Waals surface area contributed by atoms with Crippen molar-refractivity contribution in [3.63, 3.8) is 0 Å². The zero-order chi connectivity index (χ0) is 14.0. The Morgan fingerprint density at radius 1 is 1.42 bits per heavy atom. The van der Waals surface area contributed by atoms with Crippen LogP contribution in [-0.2, 0) is 0 Å². The highest BCUT2D eigenvalue weighted by Gasteiger charge is 2.41. The van der Waals surface area contributed by atoms with E-state index in [0.29, 0.717) is 10.6 Å². The molecule has 2 aromatic heterocycles. The number of alkyl halides is 3. The smallest absolute Gasteiger partial charge is 0.264 e. The summed E-state index contributed by atoms with van der Waals surface area (Å²) in [5.74, 6) is 0. The SMILES string of the molecule is N#Cc1nc(-c2cccnc2)sc1C(S)C(F)(F)F. The van der Waals surface area contributed by atoms with Gasteiger partial charge in [-0.2, -0.15) is 31.1 Å². The predicted octanol–water partition coefficient (Wildman–Crippen LogP) is 3.61. The Hall–Kier alpha value is -1.59. The van der Waals surface area contributed by atoms with Crippen LogP contribution in [0.1, 0.15) is 15.8 Å². The van der Waals surface area contributed by atoms with Gasteiger partial charge in [0.15, 0.2) is 5.69 Å². The minimum Gasteiger partial charge on any atom is -0.264 e. The number of hydrogen-bond acceptors (Lipinski definition) is 5. The number of aromatic nitrogens is 2. The molecule has 0 bridgehead atoms. The molecule has 0 amide bonds. The lowest BCUT2D eigenvalue weighted by Crippen LogP contribution is -2.15. The van der Waals surface area contributed by atoms with Crippen molar-refractivity contribution in [2.24, 2.45) is 0 Å². The first kappa shape index (κ1) is 13.8. The van der Waals surface area contributed by atoms with E-state index >= 15 is 0 Å². The number of hydrogen-bond donors (Lipinski definition) is 1. The topological polar surface area (TPSA) is 49.6 Å². The molecule has 0 aliphatic carbocycles. The number of nitriles is 1. The highest BCUT2D eigenvalue weighted by Crippen LogP contribution is 2.43. The molecular weight excluding hydrogens is 295 g/mol. The molecule has 0 aromatic carbocycles. The van der Waals surface area contributed by atoms with Gasteiger partial charge >= 0.3 is 6.18 Å². The van der Waals surface area contributed by atoms with E-state index < -0.39 is 11.4 Å². The van der Waals surface area contributed by atoms with Gasteiger partial charge in [0.2, 0.25) is 0 Å². The van der Waals surface area contributed by atoms with Crippen molar-refractivity contribution in [1.29, 1.82) is 5.26 Å². The third-order valence-corrected chi connectivity index (χ3v) is 4.12. The summed E-state index contributed by atoms with van der Waals surface area (Å²) >= 11 is 4.33. The lowest BCUT2D eigenvalue weighted by Gasteiger charge is -2.12. The maximum Gasteiger partial charge on any atom is 0.405 e. The summed E-state index contributed by atoms with van der Waals surface area (Å²) in [7, 11) is 0. The number of thiazole rings is 1. The van der Waals surface area contributed by atoms with E-state index in [-0.39, 0.29) is 10.6 Å². The van der Waals surface area contributed by atoms with Gasteiger partial charge in [-0.1, -0.05) is 0 Å². The van der Waals surface area contributed by atoms with Crippen LogP contribution < -0.4 is 0 Å². The van der Waals surface area contributed by atoms with Crippen molar-refractivity contribution < 1.29 is 13.2 Å². The Morgan fingerprint density at radius 3 is 2.68 bits per heavy atom. The quantitative estimate of drug-likeness (QED) is 0.862. The molecule has 0 radical (unpaired) electrons. The largest absolute Gasteiger partial charge is 0.405 e. The molecule has 0 N–H and O–H groups in total. The number of halogens is 3. The van der Waals surface area contributed by atoms with Crippen LogP contribution in [0.25, 0.3) is 10.6 Å². The molecule has 0 saturated heterocycles. The molecule has 1 atom stereocenters. The Morgan fingerprint density at radius 2 is 2.16 bits per heavy atom. The van der Waals surface area contributed by atoms with Crippen LogP contribution in [0, 0.1) is 11.3 Å². The summed E-state index contributed by atoms with van der Waals surface area (Å²) in [6.45, 7) is 0. The van der Waals surface area contributed by atoms with Gasteiger partial charge in [0, 0.05) is 18.0 Å². The molecule has 2 aromatic rings. The van der Waals surface area contributed by atoms with E-state index in [9.17, 15) is 13.2 Å². The summed E-state index contributed by atoms with van der Waals surface area (Å²) in [4.78, 5) is 7.57. The molecule has 19 heavy (non-hydrogen) atoms. The van der Waals surface area contributed by atoms with Gasteiger partial charge in [-0.25, -0.2) is 4.98 Å². The lowest BCUT2D eigenvalue weighted by molar-refractivity contribution is -0.128. The van der Waals surface area contributed by atoms with Crippen molar-refractivity contribution in [2.75, 3.05) is 0 Å². The van der Waals surface area contributed by atoms with Gasteiger partial charge in [-0.05, 0) is 12.1 Å². The highest BCUT2D eigenvalue weighted by molar-refractivity contribution is 7.80. The predicted molar refractivity (Wildman–Crippen MR) is 67.8 cm³/mol. The minimum atomic E-state index is -4.52. The average molecular weight is 301 g/mol. The van der Waals surface area contributed by atoms with Crippen LogP contribution >= 0.6 is 24.0 Å². The molecule has 0 aliphatic rings. The summed E-state index contributed by atoms with van der Waals surface area (Å²) in [5, 5.41) is 7.18. The van der Waals surface area contributed by atoms with E-state index in [1.54, 1.807) is 24.4 Å². The number of nitrogens with zero attached hydrogens (tertiary/aromatic N) is 3. The second-order valence-electron chi connectivity index (χ2n) is 3.53. The molecule has 2 heterocycles. The molecule has 8 heteroatoms. The summed E-state index contributed by atoms with van der Waals surface area (Å²) in [6, 6.07) is 4.98. The fraction of sp³-hybridized carbons (Fsp3) is 0.182. The minimum absolute atomic E-state index is 0.197. The number of thiol groups is 1. The molecule has 98 valence electrons. The van der Waals surface area contributed by atoms with Gasteiger partial charge in [-0.15, -0.1) is 11.3 Å². The molecule has 2 rings (SSSR count). The van der Waals surface area contributed by atoms with Gasteiger partial charge in [0.1, 0.15) is 16.3 Å². The van der Waals surface area contributed by atoms with E-state index in [1.165, 1.54) is 6.20 Å². The third kappa shape index (κ3) is 2.88. The zero-order valence-electron chi connectivity index (χ0n) is 9.22. The van der Waals surface area contributed by atoms with Gasteiger partial charge in [0.25, 0.3) is 0 Å². The fourth-order valence-corrected chi connectivity index (χ4v) is 2.66. The van der Waals surface area contributed by atoms with Crippen molar-refractivity contribution in [1.82, 2.24) is 9.97 Å². The summed E-state index contributed by atoms with van der Waals surface area (Å²) in [5.41, 5.74) is 0.319. The van der Waals surface area contributed by atoms with E-state index in [0.717, 1.165) is 11.3 Å². The summed E-state index contributed by atoms with van der Waals surface area (Å²) in [6.07, 6.45) is -1.50. The molecule has 0 saturated carbocycles. The van der Waals surface area contributed by atoms with E-state index in [1.807, 2.05) is 0 Å². The number of pyridine rings is 1. The normalized spacial score (nSPS) is 13.0. The van der Waals surface area contributed by atoms with Crippen molar-refractivity contribution in [3.8, 4) is 16.6 Å². The first-order chi connectivity index (χ1) is 8.93. The van der Waals surface area contributed by atoms with Crippen LogP contribution in [-0.4, -0.2) is 16.1 Å². The van der Waals surface area contributed by atoms with Gasteiger partial charge in [0.05, 0.1) is 4.88 Å². The standard InChI is InChI=1S/C11H6F3N3S2/c12-11(13,14)9(18)8-7(4-15)17-10(19-8)6-2-1-3-16-5-6/h1-3,5,9,18H. The maximum absolute atomic E-state index is 12.6. The molecule has 3 nitrogen and oxygen atoms in total. The second-order valence-corrected chi connectivity index (χ2v) is 5.08. The van der Waals surface area contributed by atoms with Crippen LogP contribution in [0.15, 0.2) is 24.5 Å². The van der Waals surface area contributed by atoms with Gasteiger partial charge < -0.3 is 0 Å². The van der Waals surface area contributed by atoms with Crippen molar-refractivity contribution in [2.45, 2.75) is 11.4 Å². The van der Waals surface area contributed by atoms with Crippen molar-refractivity contribution >= 4 is 24.0 Å². The van der Waals surface area contributed by atoms with Crippen LogP contribution in [0.4, 0.5) is 13.2 Å². The Kier molecular flexibility index (Phi) is 3.78. The third-order valence-electron chi connectivity index (χ3n) is 2.23. The zero-order valence-corrected chi connectivity index (χ0v) is 10.9. The van der Waals surface area contributed by atoms with Gasteiger partial charge in [-0.3, -0.25) is 4.98 Å². The molecular formula is C11H6F3N3S2. The monoisotopic (exact) mass is 301 g/mol. The molecule has 1 unspecified atom stereocenters. The van der Waals surface area contributed by atoms with E-state index in [4.69, 9.17) is 5.26 Å². The summed E-state index contributed by atoms with van der Waals surface area (Å²) < 4.78 is 37.9. The van der Waals surface area contributed by atoms with E-state index in [2.05, 4.69) is 22.6 Å². The maximum atomic E-state index is 12.6. The fourth-order valence-electron chi connectivity index (χ4n) is 1.36. The van der Waals surface area contributed by atoms with Crippen LogP contribution in [0.2, 0.25) is 0 Å². The Labute approximate surface area is 116 Å². The first-order valence-electron chi connectivity index (χ1n) is 4.99. The first-order valence-corrected chi connectivity index (χ1v) is 6.32. The Bertz CT molecular complexity index is 616. The number of rotatable bonds is 2. The van der Waals surface area contributed by atoms with Crippen molar-refractivity contribution in [3.05, 3.63) is 35.1 Å². The lowest BCUT2D eigenvalue weighted by atomic mass is 10.3. The van der Waals surface area contributed by atoms with Crippen LogP contribution in [0.3, 0.4) is 0 Å². The Balaban J connectivity index is 2.48. The molecule has 0 aliphatic heterocycles. The average Bonchev–Trinajstić information content (AvgIpc) is 2.81. The van der Waals surface area contributed by atoms with Crippen LogP contribution in [0.5, 0.6) is 0 Å². The molecule has 0 spiro atoms.